The second-order valence-electron chi connectivity index (χ2n) is 7.13. The van der Waals surface area contributed by atoms with Gasteiger partial charge in [-0.25, -0.2) is 0 Å². The molecule has 126 valence electrons. The Morgan fingerprint density at radius 1 is 1.27 bits per heavy atom. The predicted molar refractivity (Wildman–Crippen MR) is 87.5 cm³/mol. The summed E-state index contributed by atoms with van der Waals surface area (Å²) in [5, 5.41) is 6.49. The fourth-order valence-electron chi connectivity index (χ4n) is 3.49. The number of hydrogen-bond acceptors (Lipinski definition) is 3. The number of hydrogen-bond donors (Lipinski definition) is 2. The van der Waals surface area contributed by atoms with Crippen molar-refractivity contribution in [3.05, 3.63) is 0 Å². The van der Waals surface area contributed by atoms with Crippen LogP contribution in [0.5, 0.6) is 0 Å². The summed E-state index contributed by atoms with van der Waals surface area (Å²) in [4.78, 5) is 26.6. The number of nitrogens with one attached hydrogen (secondary N) is 2. The van der Waals surface area contributed by atoms with E-state index in [9.17, 15) is 9.59 Å². The van der Waals surface area contributed by atoms with E-state index < -0.39 is 0 Å². The lowest BCUT2D eigenvalue weighted by atomic mass is 9.81. The summed E-state index contributed by atoms with van der Waals surface area (Å²) in [5.74, 6) is 0.180. The van der Waals surface area contributed by atoms with Crippen LogP contribution in [0.1, 0.15) is 58.8 Å². The molecule has 0 aromatic rings. The molecule has 2 heterocycles. The molecule has 22 heavy (non-hydrogen) atoms. The largest absolute Gasteiger partial charge is 0.354 e. The molecule has 2 saturated heterocycles. The lowest BCUT2D eigenvalue weighted by Crippen LogP contribution is -2.53. The van der Waals surface area contributed by atoms with Gasteiger partial charge in [-0.3, -0.25) is 9.59 Å². The third-order valence-electron chi connectivity index (χ3n) is 5.09. The van der Waals surface area contributed by atoms with Crippen molar-refractivity contribution < 1.29 is 9.59 Å². The van der Waals surface area contributed by atoms with E-state index >= 15 is 0 Å². The van der Waals surface area contributed by atoms with Crippen molar-refractivity contribution >= 4 is 11.8 Å². The van der Waals surface area contributed by atoms with Crippen LogP contribution in [0.4, 0.5) is 0 Å². The second-order valence-corrected chi connectivity index (χ2v) is 7.13. The molecule has 2 aliphatic rings. The van der Waals surface area contributed by atoms with Crippen LogP contribution >= 0.6 is 0 Å². The van der Waals surface area contributed by atoms with E-state index in [-0.39, 0.29) is 23.3 Å². The first-order valence-corrected chi connectivity index (χ1v) is 8.84. The van der Waals surface area contributed by atoms with Crippen molar-refractivity contribution in [3.63, 3.8) is 0 Å². The van der Waals surface area contributed by atoms with Crippen LogP contribution in [-0.2, 0) is 9.59 Å². The van der Waals surface area contributed by atoms with Gasteiger partial charge < -0.3 is 15.5 Å². The Hall–Kier alpha value is -1.10. The summed E-state index contributed by atoms with van der Waals surface area (Å²) in [6, 6.07) is -0.252. The number of rotatable bonds is 5. The minimum Gasteiger partial charge on any atom is -0.354 e. The molecule has 0 aromatic carbocycles. The molecule has 0 bridgehead atoms. The molecule has 1 unspecified atom stereocenters. The van der Waals surface area contributed by atoms with E-state index in [0.717, 1.165) is 64.7 Å². The Morgan fingerprint density at radius 2 is 2.00 bits per heavy atom. The average molecular weight is 309 g/mol. The highest BCUT2D eigenvalue weighted by Gasteiger charge is 2.33. The normalized spacial score (nSPS) is 24.8. The van der Waals surface area contributed by atoms with Crippen molar-refractivity contribution in [1.82, 2.24) is 15.5 Å². The second kappa shape index (κ2) is 7.95. The Morgan fingerprint density at radius 3 is 2.68 bits per heavy atom. The van der Waals surface area contributed by atoms with Crippen LogP contribution in [0.25, 0.3) is 0 Å². The van der Waals surface area contributed by atoms with Crippen molar-refractivity contribution in [2.24, 2.45) is 5.41 Å². The predicted octanol–water partition coefficient (Wildman–Crippen LogP) is 1.67. The van der Waals surface area contributed by atoms with Crippen LogP contribution in [-0.4, -0.2) is 48.9 Å². The standard InChI is InChI=1S/C17H31N3O2/c1-3-6-15(21)20-12-5-4-7-14(20)16(22)19-13-17(2)8-10-18-11-9-17/h14,18H,3-13H2,1-2H3,(H,19,22). The summed E-state index contributed by atoms with van der Waals surface area (Å²) < 4.78 is 0. The quantitative estimate of drug-likeness (QED) is 0.812. The third-order valence-corrected chi connectivity index (χ3v) is 5.09. The smallest absolute Gasteiger partial charge is 0.242 e. The molecule has 5 heteroatoms. The highest BCUT2D eigenvalue weighted by Crippen LogP contribution is 2.27. The van der Waals surface area contributed by atoms with Crippen LogP contribution in [0.2, 0.25) is 0 Å². The molecule has 0 aromatic heterocycles. The molecule has 0 saturated carbocycles. The molecule has 5 nitrogen and oxygen atoms in total. The van der Waals surface area contributed by atoms with Gasteiger partial charge in [0.25, 0.3) is 0 Å². The van der Waals surface area contributed by atoms with Crippen LogP contribution in [0.3, 0.4) is 0 Å². The number of likely N-dealkylation sites (tertiary alicyclic amines) is 1. The fourth-order valence-corrected chi connectivity index (χ4v) is 3.49. The van der Waals surface area contributed by atoms with Crippen LogP contribution in [0, 0.1) is 5.41 Å². The molecular formula is C17H31N3O2. The summed E-state index contributed by atoms with van der Waals surface area (Å²) >= 11 is 0. The molecule has 0 spiro atoms. The molecular weight excluding hydrogens is 278 g/mol. The molecule has 2 rings (SSSR count). The van der Waals surface area contributed by atoms with E-state index in [0.29, 0.717) is 6.42 Å². The van der Waals surface area contributed by atoms with Gasteiger partial charge in [0.15, 0.2) is 0 Å². The molecule has 0 aliphatic carbocycles. The minimum atomic E-state index is -0.252. The van der Waals surface area contributed by atoms with Gasteiger partial charge in [-0.05, 0) is 57.0 Å². The third kappa shape index (κ3) is 4.45. The van der Waals surface area contributed by atoms with Gasteiger partial charge in [-0.2, -0.15) is 0 Å². The topological polar surface area (TPSA) is 61.4 Å². The van der Waals surface area contributed by atoms with E-state index in [2.05, 4.69) is 17.6 Å². The van der Waals surface area contributed by atoms with Crippen molar-refractivity contribution in [3.8, 4) is 0 Å². The van der Waals surface area contributed by atoms with Crippen molar-refractivity contribution in [2.45, 2.75) is 64.8 Å². The number of carbonyl (C=O) groups excluding carboxylic acids is 2. The highest BCUT2D eigenvalue weighted by molar-refractivity contribution is 5.87. The first kappa shape index (κ1) is 17.3. The van der Waals surface area contributed by atoms with E-state index in [4.69, 9.17) is 0 Å². The highest BCUT2D eigenvalue weighted by atomic mass is 16.2. The molecule has 2 N–H and O–H groups in total. The SMILES string of the molecule is CCCC(=O)N1CCCCC1C(=O)NCC1(C)CCNCC1. The van der Waals surface area contributed by atoms with Gasteiger partial charge in [0.2, 0.25) is 11.8 Å². The van der Waals surface area contributed by atoms with Gasteiger partial charge in [0.05, 0.1) is 0 Å². The van der Waals surface area contributed by atoms with Gasteiger partial charge in [0.1, 0.15) is 6.04 Å². The maximum atomic E-state index is 12.6. The number of amides is 2. The van der Waals surface area contributed by atoms with Gasteiger partial charge >= 0.3 is 0 Å². The Kier molecular flexibility index (Phi) is 6.24. The summed E-state index contributed by atoms with van der Waals surface area (Å²) in [6.45, 7) is 7.76. The maximum absolute atomic E-state index is 12.6. The molecule has 1 atom stereocenters. The summed E-state index contributed by atoms with van der Waals surface area (Å²) in [6.07, 6.45) is 6.44. The van der Waals surface area contributed by atoms with Crippen molar-refractivity contribution in [2.75, 3.05) is 26.2 Å². The van der Waals surface area contributed by atoms with E-state index in [1.165, 1.54) is 0 Å². The summed E-state index contributed by atoms with van der Waals surface area (Å²) in [5.41, 5.74) is 0.188. The zero-order valence-corrected chi connectivity index (χ0v) is 14.1. The Bertz CT molecular complexity index is 391. The van der Waals surface area contributed by atoms with Crippen molar-refractivity contribution in [1.29, 1.82) is 0 Å². The number of nitrogens with zero attached hydrogens (tertiary/aromatic N) is 1. The van der Waals surface area contributed by atoms with E-state index in [1.54, 1.807) is 0 Å². The zero-order valence-electron chi connectivity index (χ0n) is 14.1. The Labute approximate surface area is 134 Å². The number of carbonyl (C=O) groups is 2. The summed E-state index contributed by atoms with van der Waals surface area (Å²) in [7, 11) is 0. The van der Waals surface area contributed by atoms with Gasteiger partial charge in [-0.15, -0.1) is 0 Å². The molecule has 2 amide bonds. The molecule has 2 fully saturated rings. The van der Waals surface area contributed by atoms with Gasteiger partial charge in [-0.1, -0.05) is 13.8 Å². The fraction of sp³-hybridized carbons (Fsp3) is 0.882. The number of piperidine rings is 2. The molecule has 2 aliphatic heterocycles. The van der Waals surface area contributed by atoms with Crippen LogP contribution in [0.15, 0.2) is 0 Å². The minimum absolute atomic E-state index is 0.0453. The first-order chi connectivity index (χ1) is 10.6. The lowest BCUT2D eigenvalue weighted by Gasteiger charge is -2.37. The van der Waals surface area contributed by atoms with E-state index in [1.807, 2.05) is 11.8 Å². The first-order valence-electron chi connectivity index (χ1n) is 8.84. The van der Waals surface area contributed by atoms with Gasteiger partial charge in [0, 0.05) is 19.5 Å². The monoisotopic (exact) mass is 309 g/mol. The lowest BCUT2D eigenvalue weighted by molar-refractivity contribution is -0.142. The average Bonchev–Trinajstić information content (AvgIpc) is 2.53. The maximum Gasteiger partial charge on any atom is 0.242 e. The molecule has 0 radical (unpaired) electrons. The zero-order chi connectivity index (χ0) is 16.0. The Balaban J connectivity index is 1.89. The van der Waals surface area contributed by atoms with Crippen LogP contribution < -0.4 is 10.6 Å².